The Morgan fingerprint density at radius 2 is 1.94 bits per heavy atom. The fourth-order valence-electron chi connectivity index (χ4n) is 1.70. The predicted octanol–water partition coefficient (Wildman–Crippen LogP) is 3.63. The van der Waals surface area contributed by atoms with Crippen LogP contribution in [0.5, 0.6) is 0 Å². The molecule has 0 fully saturated rings. The van der Waals surface area contributed by atoms with E-state index in [-0.39, 0.29) is 11.3 Å². The van der Waals surface area contributed by atoms with Crippen molar-refractivity contribution in [3.63, 3.8) is 0 Å². The highest BCUT2D eigenvalue weighted by molar-refractivity contribution is 9.10. The number of benzene rings is 2. The molecular formula is C12H8BrF2NO. The summed E-state index contributed by atoms with van der Waals surface area (Å²) in [5, 5.41) is 1.14. The SMILES string of the molecule is Nc1c(Br)cc2ccccc2c1C(=O)C(F)F. The Labute approximate surface area is 105 Å². The van der Waals surface area contributed by atoms with Gasteiger partial charge in [0.2, 0.25) is 5.78 Å². The molecule has 0 aliphatic heterocycles. The topological polar surface area (TPSA) is 43.1 Å². The third-order valence-corrected chi connectivity index (χ3v) is 3.14. The number of halogens is 3. The van der Waals surface area contributed by atoms with E-state index in [0.29, 0.717) is 15.2 Å². The van der Waals surface area contributed by atoms with Crippen molar-refractivity contribution >= 4 is 38.2 Å². The maximum absolute atomic E-state index is 12.5. The van der Waals surface area contributed by atoms with Gasteiger partial charge < -0.3 is 5.73 Å². The summed E-state index contributed by atoms with van der Waals surface area (Å²) >= 11 is 3.16. The summed E-state index contributed by atoms with van der Waals surface area (Å²) in [7, 11) is 0. The lowest BCUT2D eigenvalue weighted by Gasteiger charge is -2.10. The minimum absolute atomic E-state index is 0.0500. The number of fused-ring (bicyclic) bond motifs is 1. The molecule has 0 atom stereocenters. The van der Waals surface area contributed by atoms with Gasteiger partial charge in [-0.3, -0.25) is 4.79 Å². The first kappa shape index (κ1) is 12.0. The molecule has 0 aliphatic rings. The number of rotatable bonds is 2. The van der Waals surface area contributed by atoms with Gasteiger partial charge in [0.25, 0.3) is 0 Å². The zero-order chi connectivity index (χ0) is 12.6. The average Bonchev–Trinajstić information content (AvgIpc) is 2.30. The molecule has 2 nitrogen and oxygen atoms in total. The molecule has 17 heavy (non-hydrogen) atoms. The number of nitrogens with two attached hydrogens (primary N) is 1. The third kappa shape index (κ3) is 2.02. The Balaban J connectivity index is 2.83. The van der Waals surface area contributed by atoms with Crippen LogP contribution in [0.1, 0.15) is 10.4 Å². The second kappa shape index (κ2) is 4.41. The van der Waals surface area contributed by atoms with Crippen LogP contribution < -0.4 is 5.73 Å². The summed E-state index contributed by atoms with van der Waals surface area (Å²) in [5.74, 6) is -1.25. The van der Waals surface area contributed by atoms with E-state index < -0.39 is 12.2 Å². The van der Waals surface area contributed by atoms with Gasteiger partial charge in [-0.1, -0.05) is 24.3 Å². The molecule has 0 aliphatic carbocycles. The van der Waals surface area contributed by atoms with E-state index in [0.717, 1.165) is 0 Å². The van der Waals surface area contributed by atoms with Crippen LogP contribution in [0.25, 0.3) is 10.8 Å². The number of hydrogen-bond acceptors (Lipinski definition) is 2. The molecule has 2 N–H and O–H groups in total. The van der Waals surface area contributed by atoms with Gasteiger partial charge in [-0.2, -0.15) is 0 Å². The number of nitrogen functional groups attached to an aromatic ring is 1. The number of Topliss-reactive ketones (excluding diaryl/α,β-unsaturated/α-hetero) is 1. The van der Waals surface area contributed by atoms with E-state index in [4.69, 9.17) is 5.73 Å². The Hall–Kier alpha value is -1.49. The van der Waals surface area contributed by atoms with E-state index >= 15 is 0 Å². The van der Waals surface area contributed by atoms with E-state index in [1.165, 1.54) is 0 Å². The minimum Gasteiger partial charge on any atom is -0.397 e. The minimum atomic E-state index is -3.06. The van der Waals surface area contributed by atoms with Gasteiger partial charge in [0, 0.05) is 4.47 Å². The molecule has 88 valence electrons. The molecule has 0 saturated heterocycles. The van der Waals surface area contributed by atoms with Crippen LogP contribution >= 0.6 is 15.9 Å². The highest BCUT2D eigenvalue weighted by atomic mass is 79.9. The molecule has 0 saturated carbocycles. The van der Waals surface area contributed by atoms with E-state index in [1.54, 1.807) is 30.3 Å². The van der Waals surface area contributed by atoms with Gasteiger partial charge in [-0.05, 0) is 32.8 Å². The van der Waals surface area contributed by atoms with Crippen molar-refractivity contribution in [2.75, 3.05) is 5.73 Å². The van der Waals surface area contributed by atoms with Crippen LogP contribution in [-0.2, 0) is 0 Å². The Morgan fingerprint density at radius 1 is 1.29 bits per heavy atom. The quantitative estimate of drug-likeness (QED) is 0.680. The molecule has 0 radical (unpaired) electrons. The lowest BCUT2D eigenvalue weighted by Crippen LogP contribution is -2.13. The molecule has 0 heterocycles. The van der Waals surface area contributed by atoms with Gasteiger partial charge in [-0.25, -0.2) is 8.78 Å². The van der Waals surface area contributed by atoms with E-state index in [2.05, 4.69) is 15.9 Å². The van der Waals surface area contributed by atoms with Crippen molar-refractivity contribution in [2.45, 2.75) is 6.43 Å². The zero-order valence-corrected chi connectivity index (χ0v) is 10.2. The predicted molar refractivity (Wildman–Crippen MR) is 66.4 cm³/mol. The van der Waals surface area contributed by atoms with Crippen molar-refractivity contribution in [1.29, 1.82) is 0 Å². The van der Waals surface area contributed by atoms with Crippen LogP contribution in [0.4, 0.5) is 14.5 Å². The summed E-state index contributed by atoms with van der Waals surface area (Å²) in [5.41, 5.74) is 5.62. The van der Waals surface area contributed by atoms with Gasteiger partial charge in [0.05, 0.1) is 11.3 Å². The molecule has 0 bridgehead atoms. The first-order chi connectivity index (χ1) is 8.02. The van der Waals surface area contributed by atoms with E-state index in [9.17, 15) is 13.6 Å². The first-order valence-corrected chi connectivity index (χ1v) is 5.60. The smallest absolute Gasteiger partial charge is 0.300 e. The number of hydrogen-bond donors (Lipinski definition) is 1. The average molecular weight is 300 g/mol. The fraction of sp³-hybridized carbons (Fsp3) is 0.0833. The van der Waals surface area contributed by atoms with Crippen molar-refractivity contribution in [3.8, 4) is 0 Å². The zero-order valence-electron chi connectivity index (χ0n) is 8.58. The Kier molecular flexibility index (Phi) is 3.11. The maximum Gasteiger partial charge on any atom is 0.300 e. The number of ketones is 1. The Bertz CT molecular complexity index is 598. The molecule has 2 aromatic carbocycles. The number of alkyl halides is 2. The van der Waals surface area contributed by atoms with Crippen LogP contribution in [0.15, 0.2) is 34.8 Å². The number of anilines is 1. The summed E-state index contributed by atoms with van der Waals surface area (Å²) in [6.07, 6.45) is -3.06. The number of carbonyl (C=O) groups is 1. The highest BCUT2D eigenvalue weighted by Crippen LogP contribution is 2.32. The maximum atomic E-state index is 12.5. The van der Waals surface area contributed by atoms with Crippen LogP contribution in [0.3, 0.4) is 0 Å². The van der Waals surface area contributed by atoms with Crippen LogP contribution in [0.2, 0.25) is 0 Å². The van der Waals surface area contributed by atoms with Crippen molar-refractivity contribution < 1.29 is 13.6 Å². The van der Waals surface area contributed by atoms with Crippen LogP contribution in [0, 0.1) is 0 Å². The molecule has 2 rings (SSSR count). The summed E-state index contributed by atoms with van der Waals surface area (Å²) in [6, 6.07) is 8.49. The molecule has 0 aromatic heterocycles. The standard InChI is InChI=1S/C12H8BrF2NO/c13-8-5-6-3-1-2-4-7(6)9(10(8)16)11(17)12(14)15/h1-5,12H,16H2. The highest BCUT2D eigenvalue weighted by Gasteiger charge is 2.23. The second-order valence-corrected chi connectivity index (χ2v) is 4.39. The fourth-order valence-corrected chi connectivity index (χ4v) is 2.15. The molecule has 0 amide bonds. The van der Waals surface area contributed by atoms with Crippen LogP contribution in [-0.4, -0.2) is 12.2 Å². The molecule has 0 spiro atoms. The van der Waals surface area contributed by atoms with Gasteiger partial charge in [0.1, 0.15) is 0 Å². The van der Waals surface area contributed by atoms with Crippen molar-refractivity contribution in [1.82, 2.24) is 0 Å². The molecule has 5 heteroatoms. The first-order valence-electron chi connectivity index (χ1n) is 4.81. The lowest BCUT2D eigenvalue weighted by atomic mass is 9.99. The summed E-state index contributed by atoms with van der Waals surface area (Å²) in [6.45, 7) is 0. The molecular weight excluding hydrogens is 292 g/mol. The van der Waals surface area contributed by atoms with Crippen molar-refractivity contribution in [3.05, 3.63) is 40.4 Å². The van der Waals surface area contributed by atoms with E-state index in [1.807, 2.05) is 0 Å². The lowest BCUT2D eigenvalue weighted by molar-refractivity contribution is 0.0681. The second-order valence-electron chi connectivity index (χ2n) is 3.53. The molecule has 2 aromatic rings. The molecule has 0 unspecified atom stereocenters. The summed E-state index contributed by atoms with van der Waals surface area (Å²) < 4.78 is 25.5. The third-order valence-electron chi connectivity index (χ3n) is 2.48. The van der Waals surface area contributed by atoms with Crippen molar-refractivity contribution in [2.24, 2.45) is 0 Å². The van der Waals surface area contributed by atoms with Gasteiger partial charge >= 0.3 is 6.43 Å². The Morgan fingerprint density at radius 3 is 2.59 bits per heavy atom. The normalized spacial score (nSPS) is 11.1. The summed E-state index contributed by atoms with van der Waals surface area (Å²) in [4.78, 5) is 11.5. The van der Waals surface area contributed by atoms with Gasteiger partial charge in [-0.15, -0.1) is 0 Å². The van der Waals surface area contributed by atoms with Gasteiger partial charge in [0.15, 0.2) is 0 Å². The monoisotopic (exact) mass is 299 g/mol. The largest absolute Gasteiger partial charge is 0.397 e. The number of carbonyl (C=O) groups excluding carboxylic acids is 1.